The van der Waals surface area contributed by atoms with E-state index in [9.17, 15) is 14.4 Å². The maximum absolute atomic E-state index is 12.2. The fraction of sp³-hybridized carbons (Fsp3) is 0.350. The summed E-state index contributed by atoms with van der Waals surface area (Å²) in [4.78, 5) is 41.3. The van der Waals surface area contributed by atoms with E-state index in [4.69, 9.17) is 11.5 Å². The smallest absolute Gasteiger partial charge is 0.242 e. The van der Waals surface area contributed by atoms with Crippen LogP contribution in [0.1, 0.15) is 30.0 Å². The summed E-state index contributed by atoms with van der Waals surface area (Å²) in [6, 6.07) is 5.83. The monoisotopic (exact) mass is 441 g/mol. The molecule has 0 radical (unpaired) electrons. The van der Waals surface area contributed by atoms with Crippen LogP contribution in [0, 0.1) is 0 Å². The number of pyridine rings is 1. The summed E-state index contributed by atoms with van der Waals surface area (Å²) in [6.07, 6.45) is 4.45. The molecule has 32 heavy (non-hydrogen) atoms. The molecule has 1 saturated carbocycles. The molecule has 0 aromatic carbocycles. The third-order valence-electron chi connectivity index (χ3n) is 4.95. The van der Waals surface area contributed by atoms with Crippen molar-refractivity contribution in [2.24, 2.45) is 16.5 Å². The van der Waals surface area contributed by atoms with Gasteiger partial charge in [-0.2, -0.15) is 10.1 Å². The number of hydrogen-bond acceptors (Lipinski definition) is 7. The molecule has 2 aromatic heterocycles. The Hall–Kier alpha value is -4.09. The molecular weight excluding hydrogens is 414 g/mol. The summed E-state index contributed by atoms with van der Waals surface area (Å²) in [5.74, 6) is 0.908. The van der Waals surface area contributed by atoms with Gasteiger partial charge in [-0.1, -0.05) is 0 Å². The molecule has 12 heteroatoms. The molecule has 0 atom stereocenters. The van der Waals surface area contributed by atoms with Crippen molar-refractivity contribution in [1.82, 2.24) is 25.1 Å². The van der Waals surface area contributed by atoms with Gasteiger partial charge in [-0.3, -0.25) is 24.6 Å². The van der Waals surface area contributed by atoms with Crippen LogP contribution < -0.4 is 27.0 Å². The summed E-state index contributed by atoms with van der Waals surface area (Å²) in [5.41, 5.74) is 13.7. The zero-order valence-electron chi connectivity index (χ0n) is 18.0. The number of rotatable bonds is 10. The van der Waals surface area contributed by atoms with Gasteiger partial charge in [0.05, 0.1) is 17.8 Å². The quantitative estimate of drug-likeness (QED) is 0.212. The average molecular weight is 441 g/mol. The first-order chi connectivity index (χ1) is 15.4. The van der Waals surface area contributed by atoms with Gasteiger partial charge in [-0.25, -0.2) is 4.52 Å². The molecule has 1 aliphatic rings. The number of aromatic nitrogens is 2. The van der Waals surface area contributed by atoms with Crippen molar-refractivity contribution in [2.75, 3.05) is 25.5 Å². The Morgan fingerprint density at radius 3 is 2.66 bits per heavy atom. The lowest BCUT2D eigenvalue weighted by atomic mass is 10.1. The van der Waals surface area contributed by atoms with Crippen molar-refractivity contribution in [3.05, 3.63) is 41.5 Å². The molecule has 1 aliphatic carbocycles. The first kappa shape index (κ1) is 22.6. The van der Waals surface area contributed by atoms with Crippen LogP contribution in [-0.4, -0.2) is 59.8 Å². The van der Waals surface area contributed by atoms with Gasteiger partial charge in [0, 0.05) is 20.3 Å². The maximum atomic E-state index is 12.2. The second kappa shape index (κ2) is 9.81. The zero-order valence-corrected chi connectivity index (χ0v) is 18.0. The fourth-order valence-corrected chi connectivity index (χ4v) is 3.10. The van der Waals surface area contributed by atoms with Gasteiger partial charge >= 0.3 is 0 Å². The number of aliphatic imine (C=N–C) groups is 1. The van der Waals surface area contributed by atoms with E-state index in [-0.39, 0.29) is 30.8 Å². The van der Waals surface area contributed by atoms with Crippen LogP contribution in [-0.2, 0) is 20.9 Å². The Balaban J connectivity index is 1.90. The third kappa shape index (κ3) is 5.33. The SMILES string of the molecule is CN(C)C(=O)CN(C=O)c1cc(C2CC2)cc2cc(CNC(=C/N)/N=C(\N)NC=O)nn12. The standard InChI is InChI=1S/C20H27N9O3/c1-27(2)19(32)10-28(12-31)18-6-14(13-3-4-13)5-16-7-15(26-29(16)18)9-23-17(8-21)25-20(22)24-11-30/h5-8,11-13,23H,3-4,9-10,21H2,1-2H3,(H3,22,24,25,30)/b17-8-. The molecular formula is C20H27N9O3. The molecule has 2 aromatic rings. The highest BCUT2D eigenvalue weighted by atomic mass is 16.2. The number of carbonyl (C=O) groups excluding carboxylic acids is 3. The largest absolute Gasteiger partial charge is 0.402 e. The van der Waals surface area contributed by atoms with Gasteiger partial charge < -0.3 is 21.7 Å². The van der Waals surface area contributed by atoms with E-state index in [0.717, 1.165) is 23.9 Å². The van der Waals surface area contributed by atoms with Crippen molar-refractivity contribution in [1.29, 1.82) is 0 Å². The molecule has 3 rings (SSSR count). The molecule has 2 heterocycles. The summed E-state index contributed by atoms with van der Waals surface area (Å²) in [6.45, 7) is 0.170. The lowest BCUT2D eigenvalue weighted by Crippen LogP contribution is -2.36. The maximum Gasteiger partial charge on any atom is 0.242 e. The van der Waals surface area contributed by atoms with Crippen molar-refractivity contribution < 1.29 is 14.4 Å². The summed E-state index contributed by atoms with van der Waals surface area (Å²) < 4.78 is 1.64. The molecule has 0 unspecified atom stereocenters. The minimum atomic E-state index is -0.201. The van der Waals surface area contributed by atoms with Gasteiger partial charge in [0.1, 0.15) is 18.2 Å². The summed E-state index contributed by atoms with van der Waals surface area (Å²) in [5, 5.41) is 9.80. The summed E-state index contributed by atoms with van der Waals surface area (Å²) in [7, 11) is 3.28. The Morgan fingerprint density at radius 1 is 1.31 bits per heavy atom. The Kier molecular flexibility index (Phi) is 6.93. The van der Waals surface area contributed by atoms with E-state index in [1.807, 2.05) is 18.2 Å². The van der Waals surface area contributed by atoms with E-state index in [1.165, 1.54) is 16.0 Å². The minimum absolute atomic E-state index is 0.0923. The van der Waals surface area contributed by atoms with Crippen molar-refractivity contribution in [3.63, 3.8) is 0 Å². The van der Waals surface area contributed by atoms with Crippen LogP contribution in [0.4, 0.5) is 5.82 Å². The molecule has 0 spiro atoms. The number of amides is 3. The topological polar surface area (TPSA) is 163 Å². The lowest BCUT2D eigenvalue weighted by Gasteiger charge is -2.21. The predicted octanol–water partition coefficient (Wildman–Crippen LogP) is -0.829. The van der Waals surface area contributed by atoms with E-state index in [2.05, 4.69) is 20.7 Å². The van der Waals surface area contributed by atoms with E-state index in [1.54, 1.807) is 18.6 Å². The number of nitrogens with zero attached hydrogens (tertiary/aromatic N) is 5. The number of anilines is 1. The third-order valence-corrected chi connectivity index (χ3v) is 4.95. The second-order valence-electron chi connectivity index (χ2n) is 7.58. The minimum Gasteiger partial charge on any atom is -0.402 e. The molecule has 0 aliphatic heterocycles. The molecule has 0 saturated heterocycles. The number of hydrogen-bond donors (Lipinski definition) is 4. The van der Waals surface area contributed by atoms with Crippen molar-refractivity contribution in [3.8, 4) is 0 Å². The Labute approximate surface area is 184 Å². The van der Waals surface area contributed by atoms with Crippen LogP contribution in [0.5, 0.6) is 0 Å². The molecule has 6 N–H and O–H groups in total. The number of guanidine groups is 1. The van der Waals surface area contributed by atoms with Gasteiger partial charge in [-0.15, -0.1) is 0 Å². The average Bonchev–Trinajstić information content (AvgIpc) is 3.53. The number of fused-ring (bicyclic) bond motifs is 1. The van der Waals surface area contributed by atoms with E-state index < -0.39 is 0 Å². The lowest BCUT2D eigenvalue weighted by molar-refractivity contribution is -0.128. The molecule has 0 bridgehead atoms. The molecule has 12 nitrogen and oxygen atoms in total. The van der Waals surface area contributed by atoms with E-state index >= 15 is 0 Å². The first-order valence-electron chi connectivity index (χ1n) is 10.0. The highest BCUT2D eigenvalue weighted by molar-refractivity contribution is 5.88. The van der Waals surface area contributed by atoms with Gasteiger partial charge in [0.15, 0.2) is 0 Å². The van der Waals surface area contributed by atoms with Gasteiger partial charge in [0.25, 0.3) is 0 Å². The highest BCUT2D eigenvalue weighted by Gasteiger charge is 2.26. The number of likely N-dealkylation sites (N-methyl/N-ethyl adjacent to an activating group) is 1. The number of nitrogens with one attached hydrogen (secondary N) is 2. The fourth-order valence-electron chi connectivity index (χ4n) is 3.10. The van der Waals surface area contributed by atoms with Gasteiger partial charge in [-0.05, 0) is 42.5 Å². The zero-order chi connectivity index (χ0) is 23.3. The van der Waals surface area contributed by atoms with Crippen molar-refractivity contribution in [2.45, 2.75) is 25.3 Å². The molecule has 3 amide bonds. The Morgan fingerprint density at radius 2 is 2.06 bits per heavy atom. The van der Waals surface area contributed by atoms with Crippen LogP contribution in [0.25, 0.3) is 5.52 Å². The molecule has 170 valence electrons. The number of nitrogens with two attached hydrogens (primary N) is 2. The van der Waals surface area contributed by atoms with Crippen molar-refractivity contribution >= 4 is 36.0 Å². The van der Waals surface area contributed by atoms with Crippen LogP contribution in [0.15, 0.2) is 35.2 Å². The first-order valence-corrected chi connectivity index (χ1v) is 10.0. The Bertz CT molecular complexity index is 1070. The van der Waals surface area contributed by atoms with Crippen LogP contribution in [0.3, 0.4) is 0 Å². The van der Waals surface area contributed by atoms with Gasteiger partial charge in [0.2, 0.25) is 24.7 Å². The normalized spacial score (nSPS) is 14.2. The van der Waals surface area contributed by atoms with E-state index in [0.29, 0.717) is 30.2 Å². The summed E-state index contributed by atoms with van der Waals surface area (Å²) >= 11 is 0. The van der Waals surface area contributed by atoms with Crippen LogP contribution >= 0.6 is 0 Å². The highest BCUT2D eigenvalue weighted by Crippen LogP contribution is 2.41. The molecule has 1 fully saturated rings. The number of carbonyl (C=O) groups is 3. The predicted molar refractivity (Wildman–Crippen MR) is 119 cm³/mol. The second-order valence-corrected chi connectivity index (χ2v) is 7.58. The van der Waals surface area contributed by atoms with Crippen LogP contribution in [0.2, 0.25) is 0 Å².